The van der Waals surface area contributed by atoms with Crippen LogP contribution in [0.4, 0.5) is 13.6 Å². The van der Waals surface area contributed by atoms with Gasteiger partial charge in [0.1, 0.15) is 5.54 Å². The number of rotatable bonds is 6. The van der Waals surface area contributed by atoms with E-state index in [1.807, 2.05) is 0 Å². The average Bonchev–Trinajstić information content (AvgIpc) is 3.61. The number of ether oxygens (including phenoxy) is 1. The molecule has 8 nitrogen and oxygen atoms in total. The zero-order valence-corrected chi connectivity index (χ0v) is 17.9. The smallest absolute Gasteiger partial charge is 0.314 e. The number of hydrogen-bond donors (Lipinski definition) is 2. The molecule has 1 unspecified atom stereocenters. The number of nitrogens with zero attached hydrogens (tertiary/aromatic N) is 3. The number of nitrogens with one attached hydrogen (secondary N) is 1. The van der Waals surface area contributed by atoms with Crippen molar-refractivity contribution in [1.29, 1.82) is 5.26 Å². The third kappa shape index (κ3) is 5.09. The molecule has 4 rings (SSSR count). The predicted octanol–water partition coefficient (Wildman–Crippen LogP) is 1.60. The number of primary amides is 1. The third-order valence-corrected chi connectivity index (χ3v) is 7.06. The van der Waals surface area contributed by atoms with Crippen LogP contribution in [0.3, 0.4) is 0 Å². The van der Waals surface area contributed by atoms with Gasteiger partial charge < -0.3 is 25.6 Å². The Bertz CT molecular complexity index is 764. The third-order valence-electron chi connectivity index (χ3n) is 7.06. The van der Waals surface area contributed by atoms with Gasteiger partial charge in [0.25, 0.3) is 0 Å². The van der Waals surface area contributed by atoms with E-state index in [1.165, 1.54) is 17.7 Å². The molecule has 10 heteroatoms. The minimum Gasteiger partial charge on any atom is -0.367 e. The van der Waals surface area contributed by atoms with Crippen LogP contribution in [-0.4, -0.2) is 77.1 Å². The van der Waals surface area contributed by atoms with E-state index in [2.05, 4.69) is 16.3 Å². The number of piperidine rings is 1. The summed E-state index contributed by atoms with van der Waals surface area (Å²) < 4.78 is 34.5. The Morgan fingerprint density at radius 3 is 2.42 bits per heavy atom. The van der Waals surface area contributed by atoms with Crippen molar-refractivity contribution in [2.45, 2.75) is 81.1 Å². The van der Waals surface area contributed by atoms with E-state index in [-0.39, 0.29) is 6.54 Å². The van der Waals surface area contributed by atoms with E-state index in [1.54, 1.807) is 0 Å². The van der Waals surface area contributed by atoms with Crippen molar-refractivity contribution in [3.05, 3.63) is 0 Å². The van der Waals surface area contributed by atoms with Crippen LogP contribution in [0, 0.1) is 17.2 Å². The summed E-state index contributed by atoms with van der Waals surface area (Å²) in [5.41, 5.74) is 3.91. The van der Waals surface area contributed by atoms with Crippen molar-refractivity contribution in [3.63, 3.8) is 0 Å². The molecule has 2 heterocycles. The lowest BCUT2D eigenvalue weighted by Gasteiger charge is -2.51. The van der Waals surface area contributed by atoms with Crippen LogP contribution < -0.4 is 11.1 Å². The number of morpholine rings is 1. The van der Waals surface area contributed by atoms with E-state index in [4.69, 9.17) is 10.5 Å². The summed E-state index contributed by atoms with van der Waals surface area (Å²) in [5, 5.41) is 11.9. The average molecular weight is 440 g/mol. The van der Waals surface area contributed by atoms with Crippen LogP contribution in [0.5, 0.6) is 0 Å². The first-order chi connectivity index (χ1) is 14.5. The van der Waals surface area contributed by atoms with Gasteiger partial charge >= 0.3 is 6.03 Å². The Morgan fingerprint density at radius 1 is 1.29 bits per heavy atom. The van der Waals surface area contributed by atoms with Crippen LogP contribution in [0.25, 0.3) is 0 Å². The summed E-state index contributed by atoms with van der Waals surface area (Å²) in [6.07, 6.45) is 3.08. The monoisotopic (exact) mass is 439 g/mol. The Labute approximate surface area is 181 Å². The van der Waals surface area contributed by atoms with Gasteiger partial charge in [-0.3, -0.25) is 4.79 Å². The number of nitrogens with two attached hydrogens (primary N) is 1. The van der Waals surface area contributed by atoms with Crippen molar-refractivity contribution < 1.29 is 23.1 Å². The fourth-order valence-corrected chi connectivity index (χ4v) is 4.91. The molecule has 2 saturated heterocycles. The summed E-state index contributed by atoms with van der Waals surface area (Å²) in [7, 11) is 0. The largest absolute Gasteiger partial charge is 0.367 e. The molecule has 0 aromatic heterocycles. The molecular formula is C21H31F2N5O3. The quantitative estimate of drug-likeness (QED) is 0.653. The summed E-state index contributed by atoms with van der Waals surface area (Å²) in [6, 6.07) is 2.03. The SMILES string of the molecule is CC(F)(F)C[C@H](C(=O)NC1(C#N)CC1)C1CN(C(N)=O)CC2(CCN(C3CC3)CC2)O1. The second-order valence-corrected chi connectivity index (χ2v) is 9.89. The summed E-state index contributed by atoms with van der Waals surface area (Å²) in [6.45, 7) is 2.67. The summed E-state index contributed by atoms with van der Waals surface area (Å²) in [5.74, 6) is -4.92. The number of alkyl halides is 2. The van der Waals surface area contributed by atoms with Crippen molar-refractivity contribution in [2.75, 3.05) is 26.2 Å². The minimum absolute atomic E-state index is 0.0167. The number of nitriles is 1. The Hall–Kier alpha value is -1.99. The summed E-state index contributed by atoms with van der Waals surface area (Å²) in [4.78, 5) is 28.9. The number of urea groups is 1. The van der Waals surface area contributed by atoms with Gasteiger partial charge in [0, 0.05) is 32.1 Å². The molecule has 31 heavy (non-hydrogen) atoms. The molecule has 172 valence electrons. The highest BCUT2D eigenvalue weighted by Crippen LogP contribution is 2.40. The van der Waals surface area contributed by atoms with E-state index in [9.17, 15) is 23.6 Å². The number of likely N-dealkylation sites (tertiary alicyclic amines) is 1. The first-order valence-corrected chi connectivity index (χ1v) is 11.1. The maximum atomic E-state index is 14.0. The zero-order chi connectivity index (χ0) is 22.4. The lowest BCUT2D eigenvalue weighted by atomic mass is 9.85. The van der Waals surface area contributed by atoms with Crippen LogP contribution in [0.2, 0.25) is 0 Å². The molecule has 4 aliphatic rings. The molecule has 0 aromatic rings. The Balaban J connectivity index is 1.54. The van der Waals surface area contributed by atoms with Crippen molar-refractivity contribution in [1.82, 2.24) is 15.1 Å². The second kappa shape index (κ2) is 7.85. The minimum atomic E-state index is -3.10. The molecule has 0 radical (unpaired) electrons. The molecule has 1 spiro atoms. The normalized spacial score (nSPS) is 28.6. The van der Waals surface area contributed by atoms with Crippen molar-refractivity contribution >= 4 is 11.9 Å². The maximum absolute atomic E-state index is 14.0. The van der Waals surface area contributed by atoms with Gasteiger partial charge in [0.05, 0.1) is 30.2 Å². The van der Waals surface area contributed by atoms with Gasteiger partial charge in [-0.25, -0.2) is 13.6 Å². The fraction of sp³-hybridized carbons (Fsp3) is 0.857. The van der Waals surface area contributed by atoms with Crippen LogP contribution in [0.15, 0.2) is 0 Å². The molecule has 0 bridgehead atoms. The molecule has 0 aromatic carbocycles. The lowest BCUT2D eigenvalue weighted by Crippen LogP contribution is -2.64. The van der Waals surface area contributed by atoms with Gasteiger partial charge in [-0.15, -0.1) is 0 Å². The van der Waals surface area contributed by atoms with E-state index < -0.39 is 47.4 Å². The van der Waals surface area contributed by atoms with Gasteiger partial charge in [0.15, 0.2) is 0 Å². The predicted molar refractivity (Wildman–Crippen MR) is 107 cm³/mol. The number of amides is 3. The van der Waals surface area contributed by atoms with Crippen LogP contribution in [0.1, 0.15) is 51.9 Å². The summed E-state index contributed by atoms with van der Waals surface area (Å²) >= 11 is 0. The molecule has 3 amide bonds. The highest BCUT2D eigenvalue weighted by Gasteiger charge is 2.52. The van der Waals surface area contributed by atoms with Crippen molar-refractivity contribution in [2.24, 2.45) is 11.7 Å². The van der Waals surface area contributed by atoms with E-state index in [0.29, 0.717) is 38.3 Å². The molecule has 2 atom stereocenters. The standard InChI is InChI=1S/C21H31F2N5O3/c1-19(22,23)10-15(17(29)26-20(12-24)4-5-20)16-11-28(18(25)30)13-21(31-16)6-8-27(9-7-21)14-2-3-14/h14-16H,2-11,13H2,1H3,(H2,25,30)(H,26,29)/t15-,16?/m0/s1. The Kier molecular flexibility index (Phi) is 5.63. The number of halogens is 2. The van der Waals surface area contributed by atoms with Crippen molar-refractivity contribution in [3.8, 4) is 6.07 Å². The number of carbonyl (C=O) groups excluding carboxylic acids is 2. The maximum Gasteiger partial charge on any atom is 0.314 e. The molecule has 2 saturated carbocycles. The number of carbonyl (C=O) groups is 2. The molecule has 2 aliphatic carbocycles. The van der Waals surface area contributed by atoms with Gasteiger partial charge in [-0.1, -0.05) is 0 Å². The first-order valence-electron chi connectivity index (χ1n) is 11.1. The van der Waals surface area contributed by atoms with Gasteiger partial charge in [-0.2, -0.15) is 5.26 Å². The Morgan fingerprint density at radius 2 is 1.94 bits per heavy atom. The molecular weight excluding hydrogens is 408 g/mol. The van der Waals surface area contributed by atoms with Crippen LogP contribution in [-0.2, 0) is 9.53 Å². The first kappa shape index (κ1) is 22.2. The zero-order valence-electron chi connectivity index (χ0n) is 17.9. The molecule has 3 N–H and O–H groups in total. The molecule has 4 fully saturated rings. The number of hydrogen-bond acceptors (Lipinski definition) is 5. The van der Waals surface area contributed by atoms with E-state index >= 15 is 0 Å². The topological polar surface area (TPSA) is 112 Å². The highest BCUT2D eigenvalue weighted by atomic mass is 19.3. The van der Waals surface area contributed by atoms with Crippen LogP contribution >= 0.6 is 0 Å². The van der Waals surface area contributed by atoms with E-state index in [0.717, 1.165) is 20.0 Å². The second-order valence-electron chi connectivity index (χ2n) is 9.89. The van der Waals surface area contributed by atoms with Gasteiger partial charge in [0.2, 0.25) is 11.8 Å². The fourth-order valence-electron chi connectivity index (χ4n) is 4.91. The lowest BCUT2D eigenvalue weighted by molar-refractivity contribution is -0.191. The molecule has 2 aliphatic heterocycles. The highest BCUT2D eigenvalue weighted by molar-refractivity contribution is 5.81. The van der Waals surface area contributed by atoms with Gasteiger partial charge in [-0.05, 0) is 45.4 Å².